The molecule has 0 amide bonds. The van der Waals surface area contributed by atoms with Crippen LogP contribution in [0.5, 0.6) is 0 Å². The maximum absolute atomic E-state index is 4.40. The Bertz CT molecular complexity index is 558. The van der Waals surface area contributed by atoms with E-state index in [1.807, 2.05) is 31.8 Å². The number of nitrogens with one attached hydrogen (secondary N) is 1. The van der Waals surface area contributed by atoms with Gasteiger partial charge in [-0.15, -0.1) is 0 Å². The molecule has 19 heavy (non-hydrogen) atoms. The molecule has 1 N–H and O–H groups in total. The van der Waals surface area contributed by atoms with Crippen molar-refractivity contribution in [2.24, 2.45) is 7.05 Å². The molecule has 0 saturated heterocycles. The second-order valence-electron chi connectivity index (χ2n) is 4.65. The Hall–Kier alpha value is -0.650. The number of aromatic nitrogens is 2. The Morgan fingerprint density at radius 1 is 1.21 bits per heavy atom. The Labute approximate surface area is 130 Å². The van der Waals surface area contributed by atoms with Crippen molar-refractivity contribution < 1.29 is 0 Å². The van der Waals surface area contributed by atoms with Crippen LogP contribution in [0.25, 0.3) is 0 Å². The summed E-state index contributed by atoms with van der Waals surface area (Å²) in [7, 11) is 3.98. The van der Waals surface area contributed by atoms with Crippen molar-refractivity contribution in [3.05, 3.63) is 50.2 Å². The van der Waals surface area contributed by atoms with Crippen molar-refractivity contribution in [3.63, 3.8) is 0 Å². The third-order valence-electron chi connectivity index (χ3n) is 3.15. The van der Waals surface area contributed by atoms with Gasteiger partial charge in [0.05, 0.1) is 5.69 Å². The van der Waals surface area contributed by atoms with Gasteiger partial charge in [0, 0.05) is 34.1 Å². The lowest BCUT2D eigenvalue weighted by molar-refractivity contribution is 0.561. The molecule has 2 rings (SSSR count). The van der Waals surface area contributed by atoms with E-state index in [9.17, 15) is 0 Å². The van der Waals surface area contributed by atoms with Gasteiger partial charge in [0.1, 0.15) is 0 Å². The van der Waals surface area contributed by atoms with E-state index in [2.05, 4.69) is 60.5 Å². The normalized spacial score (nSPS) is 12.7. The first-order valence-corrected chi connectivity index (χ1v) is 7.71. The summed E-state index contributed by atoms with van der Waals surface area (Å²) in [6.45, 7) is 2.02. The van der Waals surface area contributed by atoms with Crippen LogP contribution in [-0.2, 0) is 13.5 Å². The van der Waals surface area contributed by atoms with Gasteiger partial charge in [0.15, 0.2) is 0 Å². The van der Waals surface area contributed by atoms with Crippen LogP contribution in [0.15, 0.2) is 33.2 Å². The maximum atomic E-state index is 4.40. The summed E-state index contributed by atoms with van der Waals surface area (Å²) in [6.07, 6.45) is 0.913. The molecule has 0 spiro atoms. The number of hydrogen-bond donors (Lipinski definition) is 1. The minimum atomic E-state index is 0.267. The smallest absolute Gasteiger partial charge is 0.0596 e. The Morgan fingerprint density at radius 3 is 2.32 bits per heavy atom. The Balaban J connectivity index is 2.27. The van der Waals surface area contributed by atoms with Crippen molar-refractivity contribution in [2.75, 3.05) is 7.05 Å². The largest absolute Gasteiger partial charge is 0.313 e. The third-order valence-corrected chi connectivity index (χ3v) is 4.06. The molecule has 0 aliphatic rings. The number of halogens is 2. The van der Waals surface area contributed by atoms with Crippen LogP contribution in [0.2, 0.25) is 0 Å². The molecule has 1 unspecified atom stereocenters. The summed E-state index contributed by atoms with van der Waals surface area (Å²) in [5, 5.41) is 7.77. The number of aryl methyl sites for hydroxylation is 2. The predicted octanol–water partition coefficient (Wildman–Crippen LogP) is 3.76. The molecule has 2 aromatic rings. The van der Waals surface area contributed by atoms with E-state index in [0.717, 1.165) is 21.1 Å². The van der Waals surface area contributed by atoms with E-state index in [4.69, 9.17) is 0 Å². The van der Waals surface area contributed by atoms with Crippen LogP contribution in [0.3, 0.4) is 0 Å². The van der Waals surface area contributed by atoms with Crippen molar-refractivity contribution in [2.45, 2.75) is 19.4 Å². The molecule has 0 saturated carbocycles. The van der Waals surface area contributed by atoms with Crippen LogP contribution >= 0.6 is 31.9 Å². The summed E-state index contributed by atoms with van der Waals surface area (Å²) in [5.74, 6) is 0. The van der Waals surface area contributed by atoms with Crippen molar-refractivity contribution in [3.8, 4) is 0 Å². The van der Waals surface area contributed by atoms with Crippen molar-refractivity contribution in [1.29, 1.82) is 0 Å². The van der Waals surface area contributed by atoms with Gasteiger partial charge in [-0.3, -0.25) is 4.68 Å². The van der Waals surface area contributed by atoms with Crippen LogP contribution in [0, 0.1) is 6.92 Å². The average molecular weight is 387 g/mol. The number of nitrogens with zero attached hydrogens (tertiary/aromatic N) is 2. The molecule has 0 aliphatic heterocycles. The molecule has 1 heterocycles. The van der Waals surface area contributed by atoms with E-state index in [1.165, 1.54) is 11.3 Å². The fourth-order valence-electron chi connectivity index (χ4n) is 2.23. The highest BCUT2D eigenvalue weighted by molar-refractivity contribution is 9.11. The minimum absolute atomic E-state index is 0.267. The lowest BCUT2D eigenvalue weighted by Gasteiger charge is -2.17. The van der Waals surface area contributed by atoms with Gasteiger partial charge >= 0.3 is 0 Å². The molecule has 5 heteroatoms. The summed E-state index contributed by atoms with van der Waals surface area (Å²) < 4.78 is 4.11. The zero-order valence-corrected chi connectivity index (χ0v) is 14.4. The molecule has 0 fully saturated rings. The highest BCUT2D eigenvalue weighted by Crippen LogP contribution is 2.26. The first kappa shape index (κ1) is 14.8. The maximum Gasteiger partial charge on any atom is 0.0596 e. The van der Waals surface area contributed by atoms with Gasteiger partial charge in [0.2, 0.25) is 0 Å². The van der Waals surface area contributed by atoms with Crippen molar-refractivity contribution in [1.82, 2.24) is 15.1 Å². The fourth-order valence-corrected chi connectivity index (χ4v) is 3.56. The zero-order valence-electron chi connectivity index (χ0n) is 11.2. The summed E-state index contributed by atoms with van der Waals surface area (Å²) in [5.41, 5.74) is 3.54. The van der Waals surface area contributed by atoms with Gasteiger partial charge < -0.3 is 5.32 Å². The zero-order chi connectivity index (χ0) is 14.0. The quantitative estimate of drug-likeness (QED) is 0.866. The van der Waals surface area contributed by atoms with E-state index >= 15 is 0 Å². The standard InChI is InChI=1S/C14H17Br2N3/c1-9-4-13(19(3)18-9)8-14(17-2)10-5-11(15)7-12(16)6-10/h4-7,14,17H,8H2,1-3H3. The second kappa shape index (κ2) is 6.20. The van der Waals surface area contributed by atoms with Gasteiger partial charge in [-0.1, -0.05) is 31.9 Å². The minimum Gasteiger partial charge on any atom is -0.313 e. The molecular weight excluding hydrogens is 370 g/mol. The molecule has 3 nitrogen and oxygen atoms in total. The molecule has 0 bridgehead atoms. The Kier molecular flexibility index (Phi) is 4.81. The van der Waals surface area contributed by atoms with Gasteiger partial charge in [-0.05, 0) is 43.8 Å². The summed E-state index contributed by atoms with van der Waals surface area (Å²) >= 11 is 7.08. The van der Waals surface area contributed by atoms with Gasteiger partial charge in [0.25, 0.3) is 0 Å². The molecule has 102 valence electrons. The summed E-state index contributed by atoms with van der Waals surface area (Å²) in [6, 6.07) is 8.75. The fraction of sp³-hybridized carbons (Fsp3) is 0.357. The number of benzene rings is 1. The molecule has 0 aliphatic carbocycles. The van der Waals surface area contributed by atoms with E-state index in [-0.39, 0.29) is 6.04 Å². The molecule has 1 atom stereocenters. The number of hydrogen-bond acceptors (Lipinski definition) is 2. The van der Waals surface area contributed by atoms with E-state index < -0.39 is 0 Å². The first-order chi connectivity index (χ1) is 8.99. The lowest BCUT2D eigenvalue weighted by atomic mass is 10.0. The Morgan fingerprint density at radius 2 is 1.84 bits per heavy atom. The van der Waals surface area contributed by atoms with Crippen LogP contribution in [-0.4, -0.2) is 16.8 Å². The van der Waals surface area contributed by atoms with Crippen molar-refractivity contribution >= 4 is 31.9 Å². The SMILES string of the molecule is CNC(Cc1cc(C)nn1C)c1cc(Br)cc(Br)c1. The molecular formula is C14H17Br2N3. The van der Waals surface area contributed by atoms with Gasteiger partial charge in [-0.2, -0.15) is 5.10 Å². The second-order valence-corrected chi connectivity index (χ2v) is 6.48. The van der Waals surface area contributed by atoms with Crippen LogP contribution in [0.4, 0.5) is 0 Å². The van der Waals surface area contributed by atoms with E-state index in [0.29, 0.717) is 0 Å². The highest BCUT2D eigenvalue weighted by Gasteiger charge is 2.14. The average Bonchev–Trinajstić information content (AvgIpc) is 2.63. The lowest BCUT2D eigenvalue weighted by Crippen LogP contribution is -2.20. The molecule has 1 aromatic carbocycles. The first-order valence-electron chi connectivity index (χ1n) is 6.12. The molecule has 0 radical (unpaired) electrons. The van der Waals surface area contributed by atoms with Crippen LogP contribution < -0.4 is 5.32 Å². The molecule has 1 aromatic heterocycles. The van der Waals surface area contributed by atoms with E-state index in [1.54, 1.807) is 0 Å². The van der Waals surface area contributed by atoms with Crippen LogP contribution in [0.1, 0.15) is 23.0 Å². The number of rotatable bonds is 4. The summed E-state index contributed by atoms with van der Waals surface area (Å²) in [4.78, 5) is 0. The van der Waals surface area contributed by atoms with Gasteiger partial charge in [-0.25, -0.2) is 0 Å². The highest BCUT2D eigenvalue weighted by atomic mass is 79.9. The number of likely N-dealkylation sites (N-methyl/N-ethyl adjacent to an activating group) is 1. The monoisotopic (exact) mass is 385 g/mol. The third kappa shape index (κ3) is 3.68. The topological polar surface area (TPSA) is 29.9 Å². The predicted molar refractivity (Wildman–Crippen MR) is 85.3 cm³/mol.